The van der Waals surface area contributed by atoms with E-state index in [4.69, 9.17) is 4.74 Å². The van der Waals surface area contributed by atoms with Crippen LogP contribution in [0.4, 0.5) is 11.4 Å². The number of nitro groups is 2. The number of hydrogen-bond donors (Lipinski definition) is 0. The van der Waals surface area contributed by atoms with Gasteiger partial charge in [-0.1, -0.05) is 6.07 Å². The summed E-state index contributed by atoms with van der Waals surface area (Å²) in [7, 11) is 1.33. The Bertz CT molecular complexity index is 866. The van der Waals surface area contributed by atoms with Crippen LogP contribution < -0.4 is 4.74 Å². The molecule has 0 atom stereocenters. The van der Waals surface area contributed by atoms with Crippen molar-refractivity contribution in [2.24, 2.45) is 0 Å². The first-order chi connectivity index (χ1) is 11.5. The van der Waals surface area contributed by atoms with Crippen LogP contribution in [0.15, 0.2) is 42.5 Å². The Labute approximate surface area is 136 Å². The fraction of sp³-hybridized carbons (Fsp3) is 0.0625. The van der Waals surface area contributed by atoms with Crippen molar-refractivity contribution >= 4 is 23.0 Å². The molecular weight excluding hydrogens is 314 g/mol. The highest BCUT2D eigenvalue weighted by atomic mass is 16.6. The van der Waals surface area contributed by atoms with Crippen molar-refractivity contribution in [2.45, 2.75) is 0 Å². The number of allylic oxidation sites excluding steroid dienone is 1. The number of nitro benzene ring substituents is 2. The molecule has 2 aromatic carbocycles. The van der Waals surface area contributed by atoms with E-state index in [1.165, 1.54) is 49.6 Å². The van der Waals surface area contributed by atoms with Gasteiger partial charge in [-0.05, 0) is 35.4 Å². The molecule has 120 valence electrons. The lowest BCUT2D eigenvalue weighted by atomic mass is 10.0. The van der Waals surface area contributed by atoms with Crippen LogP contribution in [-0.2, 0) is 0 Å². The highest BCUT2D eigenvalue weighted by Crippen LogP contribution is 2.29. The average Bonchev–Trinajstić information content (AvgIpc) is 2.59. The minimum atomic E-state index is -0.575. The van der Waals surface area contributed by atoms with Crippen LogP contribution in [0, 0.1) is 31.6 Å². The molecule has 8 nitrogen and oxygen atoms in total. The second kappa shape index (κ2) is 7.02. The molecule has 24 heavy (non-hydrogen) atoms. The number of methoxy groups -OCH3 is 1. The van der Waals surface area contributed by atoms with E-state index in [0.29, 0.717) is 11.1 Å². The standard InChI is InChI=1S/C16H11N3O5/c1-24-16-7-2-11(9-15(16)19(22)23)8-13(10-17)12-3-5-14(6-4-12)18(20)21/h2-9H,1H3. The van der Waals surface area contributed by atoms with Gasteiger partial charge in [0.25, 0.3) is 5.69 Å². The summed E-state index contributed by atoms with van der Waals surface area (Å²) in [5.74, 6) is 0.117. The number of rotatable bonds is 5. The highest BCUT2D eigenvalue weighted by Gasteiger charge is 2.15. The first kappa shape index (κ1) is 16.6. The number of hydrogen-bond acceptors (Lipinski definition) is 6. The molecule has 0 N–H and O–H groups in total. The maximum absolute atomic E-state index is 11.0. The molecule has 0 amide bonds. The van der Waals surface area contributed by atoms with Crippen LogP contribution in [0.3, 0.4) is 0 Å². The van der Waals surface area contributed by atoms with Gasteiger partial charge in [-0.25, -0.2) is 0 Å². The molecule has 0 bridgehead atoms. The molecule has 0 unspecified atom stereocenters. The summed E-state index contributed by atoms with van der Waals surface area (Å²) in [6.45, 7) is 0. The van der Waals surface area contributed by atoms with E-state index in [1.54, 1.807) is 6.07 Å². The minimum Gasteiger partial charge on any atom is -0.490 e. The summed E-state index contributed by atoms with van der Waals surface area (Å²) < 4.78 is 4.92. The Hall–Kier alpha value is -3.73. The van der Waals surface area contributed by atoms with Crippen molar-refractivity contribution in [1.29, 1.82) is 5.26 Å². The number of non-ortho nitro benzene ring substituents is 1. The van der Waals surface area contributed by atoms with Crippen molar-refractivity contribution in [2.75, 3.05) is 7.11 Å². The quantitative estimate of drug-likeness (QED) is 0.358. The zero-order valence-electron chi connectivity index (χ0n) is 12.5. The molecule has 0 spiro atoms. The molecule has 0 radical (unpaired) electrons. The molecule has 0 fully saturated rings. The van der Waals surface area contributed by atoms with E-state index in [-0.39, 0.29) is 22.7 Å². The fourth-order valence-electron chi connectivity index (χ4n) is 2.05. The first-order valence-corrected chi connectivity index (χ1v) is 6.65. The lowest BCUT2D eigenvalue weighted by Crippen LogP contribution is -1.94. The van der Waals surface area contributed by atoms with Gasteiger partial charge in [0.2, 0.25) is 0 Å². The molecule has 0 aliphatic heterocycles. The van der Waals surface area contributed by atoms with Crippen LogP contribution in [0.2, 0.25) is 0 Å². The van der Waals surface area contributed by atoms with Gasteiger partial charge in [0.1, 0.15) is 0 Å². The Kier molecular flexibility index (Phi) is 4.87. The number of nitriles is 1. The van der Waals surface area contributed by atoms with E-state index in [9.17, 15) is 25.5 Å². The van der Waals surface area contributed by atoms with Gasteiger partial charge < -0.3 is 4.74 Å². The molecule has 0 heterocycles. The lowest BCUT2D eigenvalue weighted by molar-refractivity contribution is -0.385. The molecule has 0 saturated carbocycles. The molecule has 0 aliphatic carbocycles. The van der Waals surface area contributed by atoms with Crippen LogP contribution in [-0.4, -0.2) is 17.0 Å². The number of nitrogens with zero attached hydrogens (tertiary/aromatic N) is 3. The smallest absolute Gasteiger partial charge is 0.311 e. The third-order valence-electron chi connectivity index (χ3n) is 3.22. The Morgan fingerprint density at radius 3 is 2.29 bits per heavy atom. The third kappa shape index (κ3) is 3.53. The maximum Gasteiger partial charge on any atom is 0.311 e. The SMILES string of the molecule is COc1ccc(C=C(C#N)c2ccc([N+](=O)[O-])cc2)cc1[N+](=O)[O-]. The summed E-state index contributed by atoms with van der Waals surface area (Å²) in [4.78, 5) is 20.6. The Morgan fingerprint density at radius 2 is 1.79 bits per heavy atom. The molecule has 0 aliphatic rings. The fourth-order valence-corrected chi connectivity index (χ4v) is 2.05. The van der Waals surface area contributed by atoms with Crippen molar-refractivity contribution in [3.8, 4) is 11.8 Å². The van der Waals surface area contributed by atoms with Crippen LogP contribution in [0.25, 0.3) is 11.6 Å². The number of benzene rings is 2. The van der Waals surface area contributed by atoms with Gasteiger partial charge in [0.05, 0.1) is 28.6 Å². The van der Waals surface area contributed by atoms with Crippen molar-refractivity contribution < 1.29 is 14.6 Å². The second-order valence-corrected chi connectivity index (χ2v) is 4.66. The number of ether oxygens (including phenoxy) is 1. The van der Waals surface area contributed by atoms with Gasteiger partial charge in [-0.2, -0.15) is 5.26 Å². The maximum atomic E-state index is 11.0. The topological polar surface area (TPSA) is 119 Å². The zero-order valence-corrected chi connectivity index (χ0v) is 12.5. The molecule has 2 rings (SSSR count). The molecular formula is C16H11N3O5. The van der Waals surface area contributed by atoms with Gasteiger partial charge in [0.15, 0.2) is 5.75 Å². The predicted octanol–water partition coefficient (Wildman–Crippen LogP) is 3.58. The van der Waals surface area contributed by atoms with Crippen LogP contribution in [0.5, 0.6) is 5.75 Å². The van der Waals surface area contributed by atoms with Crippen molar-refractivity contribution in [1.82, 2.24) is 0 Å². The summed E-state index contributed by atoms with van der Waals surface area (Å²) in [6.07, 6.45) is 1.47. The summed E-state index contributed by atoms with van der Waals surface area (Å²) in [5, 5.41) is 31.0. The first-order valence-electron chi connectivity index (χ1n) is 6.65. The van der Waals surface area contributed by atoms with Gasteiger partial charge in [-0.3, -0.25) is 20.2 Å². The Balaban J connectivity index is 2.44. The normalized spacial score (nSPS) is 10.8. The van der Waals surface area contributed by atoms with Gasteiger partial charge in [-0.15, -0.1) is 0 Å². The lowest BCUT2D eigenvalue weighted by Gasteiger charge is -2.03. The zero-order chi connectivity index (χ0) is 17.7. The minimum absolute atomic E-state index is 0.0869. The molecule has 0 aromatic heterocycles. The molecule has 2 aromatic rings. The summed E-state index contributed by atoms with van der Waals surface area (Å²) in [6, 6.07) is 11.8. The van der Waals surface area contributed by atoms with Crippen LogP contribution in [0.1, 0.15) is 11.1 Å². The van der Waals surface area contributed by atoms with Gasteiger partial charge >= 0.3 is 5.69 Å². The molecule has 0 saturated heterocycles. The Morgan fingerprint density at radius 1 is 1.12 bits per heavy atom. The predicted molar refractivity (Wildman–Crippen MR) is 86.2 cm³/mol. The van der Waals surface area contributed by atoms with E-state index in [1.807, 2.05) is 6.07 Å². The molecule has 8 heteroatoms. The van der Waals surface area contributed by atoms with E-state index in [0.717, 1.165) is 0 Å². The van der Waals surface area contributed by atoms with Crippen molar-refractivity contribution in [3.05, 3.63) is 73.8 Å². The largest absolute Gasteiger partial charge is 0.490 e. The van der Waals surface area contributed by atoms with Crippen LogP contribution >= 0.6 is 0 Å². The van der Waals surface area contributed by atoms with Gasteiger partial charge in [0, 0.05) is 18.2 Å². The van der Waals surface area contributed by atoms with E-state index >= 15 is 0 Å². The summed E-state index contributed by atoms with van der Waals surface area (Å²) >= 11 is 0. The summed E-state index contributed by atoms with van der Waals surface area (Å²) in [5.41, 5.74) is 0.840. The third-order valence-corrected chi connectivity index (χ3v) is 3.22. The second-order valence-electron chi connectivity index (χ2n) is 4.66. The van der Waals surface area contributed by atoms with Crippen molar-refractivity contribution in [3.63, 3.8) is 0 Å². The monoisotopic (exact) mass is 325 g/mol. The highest BCUT2D eigenvalue weighted by molar-refractivity contribution is 5.90. The van der Waals surface area contributed by atoms with E-state index in [2.05, 4.69) is 0 Å². The van der Waals surface area contributed by atoms with E-state index < -0.39 is 9.85 Å². The average molecular weight is 325 g/mol.